The molecule has 0 saturated carbocycles. The molecule has 0 aliphatic heterocycles. The van der Waals surface area contributed by atoms with E-state index >= 15 is 0 Å². The zero-order valence-corrected chi connectivity index (χ0v) is 55.5. The van der Waals surface area contributed by atoms with E-state index in [0.717, 1.165) is 127 Å². The molecule has 0 bridgehead atoms. The zero-order valence-electron chi connectivity index (χ0n) is 55.5. The highest BCUT2D eigenvalue weighted by Gasteiger charge is 2.31. The van der Waals surface area contributed by atoms with E-state index in [9.17, 15) is 0 Å². The van der Waals surface area contributed by atoms with Crippen molar-refractivity contribution in [2.24, 2.45) is 0 Å². The summed E-state index contributed by atoms with van der Waals surface area (Å²) >= 11 is 0. The maximum absolute atomic E-state index is 7.51. The summed E-state index contributed by atoms with van der Waals surface area (Å²) in [4.78, 5) is 0. The van der Waals surface area contributed by atoms with Crippen LogP contribution in [-0.4, -0.2) is 27.1 Å². The Morgan fingerprint density at radius 2 is 0.587 bits per heavy atom. The summed E-state index contributed by atoms with van der Waals surface area (Å²) in [5.74, 6) is 0. The minimum absolute atomic E-state index is 0.845. The highest BCUT2D eigenvalue weighted by molar-refractivity contribution is 6.42. The number of nitrogens with zero attached hydrogens (tertiary/aromatic N) is 6. The lowest BCUT2D eigenvalue weighted by molar-refractivity contribution is 0.672. The summed E-state index contributed by atoms with van der Waals surface area (Å²) in [6, 6.07) is 117. The number of para-hydroxylation sites is 8. The molecule has 16 aromatic carbocycles. The summed E-state index contributed by atoms with van der Waals surface area (Å²) < 4.78 is 29.4. The smallest absolute Gasteiger partial charge is 0.145 e. The van der Waals surface area contributed by atoms with Crippen LogP contribution in [0.4, 0.5) is 0 Å². The van der Waals surface area contributed by atoms with Crippen molar-refractivity contribution in [2.75, 3.05) is 0 Å². The molecule has 0 unspecified atom stereocenters. The Morgan fingerprint density at radius 1 is 0.173 bits per heavy atom. The van der Waals surface area contributed by atoms with Crippen LogP contribution in [0.1, 0.15) is 0 Å². The molecule has 0 radical (unpaired) electrons. The number of aromatic nitrogens is 6. The van der Waals surface area contributed by atoms with Gasteiger partial charge in [0.15, 0.2) is 0 Å². The van der Waals surface area contributed by atoms with Gasteiger partial charge in [-0.25, -0.2) is 0 Å². The molecule has 26 rings (SSSR count). The lowest BCUT2D eigenvalue weighted by Gasteiger charge is -2.10. The molecule has 0 spiro atoms. The second-order valence-corrected chi connectivity index (χ2v) is 28.6. The zero-order chi connectivity index (χ0) is 67.1. The molecule has 10 heterocycles. The normalized spacial score (nSPS) is 12.8. The highest BCUT2D eigenvalue weighted by Crippen LogP contribution is 2.54. The second-order valence-electron chi connectivity index (χ2n) is 28.6. The Labute approximate surface area is 588 Å². The Kier molecular flexibility index (Phi) is 9.86. The van der Waals surface area contributed by atoms with E-state index in [1.807, 2.05) is 0 Å². The molecule has 478 valence electrons. The fourth-order valence-electron chi connectivity index (χ4n) is 19.4. The van der Waals surface area contributed by atoms with E-state index in [1.54, 1.807) is 0 Å². The van der Waals surface area contributed by atoms with Gasteiger partial charge in [0.25, 0.3) is 0 Å². The fourth-order valence-corrected chi connectivity index (χ4v) is 19.4. The van der Waals surface area contributed by atoms with Crippen molar-refractivity contribution < 1.29 is 8.83 Å². The summed E-state index contributed by atoms with van der Waals surface area (Å²) in [6.07, 6.45) is 0. The van der Waals surface area contributed by atoms with E-state index in [2.05, 4.69) is 343 Å². The topological polar surface area (TPSA) is 54.8 Å². The Hall–Kier alpha value is -14.1. The lowest BCUT2D eigenvalue weighted by Crippen LogP contribution is -1.94. The van der Waals surface area contributed by atoms with Crippen LogP contribution >= 0.6 is 0 Å². The van der Waals surface area contributed by atoms with Crippen molar-refractivity contribution in [3.8, 4) is 33.9 Å². The van der Waals surface area contributed by atoms with Gasteiger partial charge in [-0.05, 0) is 163 Å². The van der Waals surface area contributed by atoms with Crippen molar-refractivity contribution in [1.82, 2.24) is 27.1 Å². The molecule has 8 heteroatoms. The molecule has 0 atom stereocenters. The Balaban J connectivity index is 0.728. The number of hydrogen-bond donors (Lipinski definition) is 0. The molecule has 0 N–H and O–H groups in total. The molecule has 0 fully saturated rings. The third kappa shape index (κ3) is 6.57. The van der Waals surface area contributed by atoms with Crippen molar-refractivity contribution in [1.29, 1.82) is 0 Å². The van der Waals surface area contributed by atoms with Gasteiger partial charge >= 0.3 is 0 Å². The van der Waals surface area contributed by atoms with Crippen LogP contribution in [0.25, 0.3) is 241 Å². The van der Waals surface area contributed by atoms with Crippen LogP contribution in [0.15, 0.2) is 324 Å². The minimum Gasteiger partial charge on any atom is -0.455 e. The lowest BCUT2D eigenvalue weighted by atomic mass is 9.99. The maximum atomic E-state index is 7.51. The average Bonchev–Trinajstić information content (AvgIpc) is 1.51. The van der Waals surface area contributed by atoms with Crippen LogP contribution < -0.4 is 0 Å². The predicted molar refractivity (Wildman–Crippen MR) is 433 cm³/mol. The van der Waals surface area contributed by atoms with Crippen molar-refractivity contribution >= 4 is 207 Å². The predicted octanol–water partition coefficient (Wildman–Crippen LogP) is 25.8. The van der Waals surface area contributed by atoms with Gasteiger partial charge in [0.1, 0.15) is 22.3 Å². The largest absolute Gasteiger partial charge is 0.455 e. The van der Waals surface area contributed by atoms with Gasteiger partial charge in [0, 0.05) is 120 Å². The molecule has 104 heavy (non-hydrogen) atoms. The fraction of sp³-hybridized carbons (Fsp3) is 0. The van der Waals surface area contributed by atoms with Crippen molar-refractivity contribution in [3.63, 3.8) is 0 Å². The van der Waals surface area contributed by atoms with Crippen LogP contribution in [0.5, 0.6) is 0 Å². The molecular weight excluding hydrogens is 1270 g/mol. The first kappa shape index (κ1) is 53.8. The van der Waals surface area contributed by atoms with Gasteiger partial charge in [-0.1, -0.05) is 164 Å². The van der Waals surface area contributed by atoms with E-state index in [0.29, 0.717) is 0 Å². The van der Waals surface area contributed by atoms with Crippen LogP contribution in [-0.2, 0) is 0 Å². The van der Waals surface area contributed by atoms with E-state index < -0.39 is 0 Å². The number of benzene rings is 16. The average molecular weight is 1320 g/mol. The first-order valence-corrected chi connectivity index (χ1v) is 35.8. The van der Waals surface area contributed by atoms with Crippen LogP contribution in [0, 0.1) is 0 Å². The number of hydrogen-bond acceptors (Lipinski definition) is 2. The van der Waals surface area contributed by atoms with E-state index in [-0.39, 0.29) is 0 Å². The number of furan rings is 2. The molecule has 8 nitrogen and oxygen atoms in total. The third-order valence-corrected chi connectivity index (χ3v) is 23.6. The quantitative estimate of drug-likeness (QED) is 0.172. The van der Waals surface area contributed by atoms with Gasteiger partial charge < -0.3 is 35.9 Å². The molecule has 10 aromatic heterocycles. The molecular formula is C96H52N6O2. The van der Waals surface area contributed by atoms with Gasteiger partial charge in [-0.3, -0.25) is 0 Å². The van der Waals surface area contributed by atoms with Crippen molar-refractivity contribution in [2.45, 2.75) is 0 Å². The number of rotatable bonds is 5. The van der Waals surface area contributed by atoms with E-state index in [1.165, 1.54) is 114 Å². The van der Waals surface area contributed by atoms with E-state index in [4.69, 9.17) is 8.83 Å². The van der Waals surface area contributed by atoms with Crippen LogP contribution in [0.2, 0.25) is 0 Å². The van der Waals surface area contributed by atoms with Gasteiger partial charge in [-0.2, -0.15) is 0 Å². The number of fused-ring (bicyclic) bond motifs is 34. The van der Waals surface area contributed by atoms with Gasteiger partial charge in [0.05, 0.1) is 88.0 Å². The SMILES string of the molecule is c1ccc(-n2c3cc(-c4ccc5c(c4)oc4c5ccc5c4c4c6c7ccccc7n(-c7ccccc7)c6cc6c7c8oc9ccccc9c8ccc7n5c64)ccc3c3cc4c5cc6c7ccccc7n(-c7ccccc7)c6c6c7cc8c9ccccc9n(-c9ccccc9)c8cc7n(c4cc32)c56)cc1. The summed E-state index contributed by atoms with van der Waals surface area (Å²) in [6.45, 7) is 0. The summed E-state index contributed by atoms with van der Waals surface area (Å²) in [5.41, 5.74) is 26.5. The summed E-state index contributed by atoms with van der Waals surface area (Å²) in [5, 5.41) is 23.6. The molecule has 26 aromatic rings. The monoisotopic (exact) mass is 1320 g/mol. The van der Waals surface area contributed by atoms with Crippen molar-refractivity contribution in [3.05, 3.63) is 315 Å². The molecule has 0 saturated heterocycles. The van der Waals surface area contributed by atoms with Gasteiger partial charge in [0.2, 0.25) is 0 Å². The molecule has 0 aliphatic carbocycles. The molecule has 0 amide bonds. The Bertz CT molecular complexity index is 8320. The molecule has 0 aliphatic rings. The first-order valence-electron chi connectivity index (χ1n) is 35.8. The first-order chi connectivity index (χ1) is 51.6. The standard InChI is InChI=1S/C96H52N6O2/c1-5-21-55(22-6-1)97-74-33-17-13-29-59(74)68-48-72-83(52-80(68)97)102-82-51-81-67(47-69(82)71-49-70-60-30-14-18-34-75(60)100(58-27-11-4-12-28-58)92(70)89(72)93(71)102)61-39-37-53(45-79(61)99(81)57-25-9-3-10-26-57)54-38-40-63-65-42-44-78-90(96(65)104-86(63)46-54)91-87-66-32-15-19-35-76(66)98(56-23-7-2-8-24-56)84(87)50-73-88-77(101(78)94(73)91)43-41-64-62-31-16-20-36-85(62)103-95(64)88/h1-52H. The highest BCUT2D eigenvalue weighted by atomic mass is 16.3. The van der Waals surface area contributed by atoms with Crippen LogP contribution in [0.3, 0.4) is 0 Å². The van der Waals surface area contributed by atoms with Gasteiger partial charge in [-0.15, -0.1) is 0 Å². The third-order valence-electron chi connectivity index (χ3n) is 23.6. The Morgan fingerprint density at radius 3 is 1.26 bits per heavy atom. The minimum atomic E-state index is 0.845. The maximum Gasteiger partial charge on any atom is 0.145 e. The second kappa shape index (κ2) is 19.1. The summed E-state index contributed by atoms with van der Waals surface area (Å²) in [7, 11) is 0.